The van der Waals surface area contributed by atoms with Gasteiger partial charge in [-0.3, -0.25) is 0 Å². The fourth-order valence-electron chi connectivity index (χ4n) is 2.39. The minimum absolute atomic E-state index is 0.557. The van der Waals surface area contributed by atoms with Crippen molar-refractivity contribution < 1.29 is 18.9 Å². The van der Waals surface area contributed by atoms with Crippen LogP contribution in [0, 0.1) is 0 Å². The third kappa shape index (κ3) is 2.72. The molecule has 116 valence electrons. The van der Waals surface area contributed by atoms with Gasteiger partial charge in [0.2, 0.25) is 5.75 Å². The number of hydrogen-bond acceptors (Lipinski definition) is 4. The van der Waals surface area contributed by atoms with Crippen LogP contribution in [0.4, 0.5) is 0 Å². The highest BCUT2D eigenvalue weighted by Crippen LogP contribution is 2.47. The summed E-state index contributed by atoms with van der Waals surface area (Å²) < 4.78 is 21.6. The zero-order valence-electron chi connectivity index (χ0n) is 13.3. The van der Waals surface area contributed by atoms with Crippen LogP contribution in [-0.4, -0.2) is 28.4 Å². The minimum Gasteiger partial charge on any atom is -0.497 e. The Morgan fingerprint density at radius 3 is 1.91 bits per heavy atom. The first-order chi connectivity index (χ1) is 10.7. The molecule has 0 spiro atoms. The van der Waals surface area contributed by atoms with Gasteiger partial charge in [-0.1, -0.05) is 24.8 Å². The van der Waals surface area contributed by atoms with Crippen molar-refractivity contribution in [2.24, 2.45) is 0 Å². The molecular formula is C18H20O4. The molecule has 0 aliphatic rings. The van der Waals surface area contributed by atoms with Crippen LogP contribution in [0.15, 0.2) is 36.9 Å². The van der Waals surface area contributed by atoms with Crippen LogP contribution in [0.25, 0.3) is 17.2 Å². The van der Waals surface area contributed by atoms with E-state index in [9.17, 15) is 0 Å². The van der Waals surface area contributed by atoms with Crippen molar-refractivity contribution in [3.05, 3.63) is 42.5 Å². The largest absolute Gasteiger partial charge is 0.497 e. The van der Waals surface area contributed by atoms with E-state index in [4.69, 9.17) is 18.9 Å². The standard InChI is InChI=1S/C18H20O4/c1-6-12-11-15(20-3)17(21-4)18(22-5)16(12)13-7-9-14(19-2)10-8-13/h6-11H,1H2,2-5H3. The smallest absolute Gasteiger partial charge is 0.203 e. The van der Waals surface area contributed by atoms with E-state index < -0.39 is 0 Å². The minimum atomic E-state index is 0.557. The highest BCUT2D eigenvalue weighted by molar-refractivity contribution is 5.85. The van der Waals surface area contributed by atoms with Crippen LogP contribution in [0.2, 0.25) is 0 Å². The molecule has 2 aromatic carbocycles. The first kappa shape index (κ1) is 15.8. The lowest BCUT2D eigenvalue weighted by Crippen LogP contribution is -1.99. The van der Waals surface area contributed by atoms with E-state index in [-0.39, 0.29) is 0 Å². The summed E-state index contributed by atoms with van der Waals surface area (Å²) in [6, 6.07) is 9.62. The lowest BCUT2D eigenvalue weighted by molar-refractivity contribution is 0.325. The summed E-state index contributed by atoms with van der Waals surface area (Å²) in [4.78, 5) is 0. The number of methoxy groups -OCH3 is 4. The van der Waals surface area contributed by atoms with Gasteiger partial charge < -0.3 is 18.9 Å². The van der Waals surface area contributed by atoms with Crippen LogP contribution in [0.3, 0.4) is 0 Å². The molecule has 0 aliphatic carbocycles. The van der Waals surface area contributed by atoms with E-state index >= 15 is 0 Å². The van der Waals surface area contributed by atoms with Gasteiger partial charge in [0.15, 0.2) is 11.5 Å². The Hall–Kier alpha value is -2.62. The third-order valence-electron chi connectivity index (χ3n) is 3.46. The Balaban J connectivity index is 2.73. The van der Waals surface area contributed by atoms with Gasteiger partial charge >= 0.3 is 0 Å². The van der Waals surface area contributed by atoms with E-state index in [1.165, 1.54) is 0 Å². The van der Waals surface area contributed by atoms with Gasteiger partial charge in [-0.25, -0.2) is 0 Å². The average Bonchev–Trinajstić information content (AvgIpc) is 2.59. The Labute approximate surface area is 130 Å². The number of rotatable bonds is 6. The Morgan fingerprint density at radius 1 is 0.818 bits per heavy atom. The molecule has 0 fully saturated rings. The normalized spacial score (nSPS) is 10.0. The first-order valence-electron chi connectivity index (χ1n) is 6.80. The molecule has 0 unspecified atom stereocenters. The van der Waals surface area contributed by atoms with Crippen molar-refractivity contribution in [1.82, 2.24) is 0 Å². The lowest BCUT2D eigenvalue weighted by Gasteiger charge is -2.18. The third-order valence-corrected chi connectivity index (χ3v) is 3.46. The number of benzene rings is 2. The molecule has 0 N–H and O–H groups in total. The summed E-state index contributed by atoms with van der Waals surface area (Å²) in [6.07, 6.45) is 1.77. The molecule has 2 rings (SSSR count). The molecule has 4 nitrogen and oxygen atoms in total. The maximum Gasteiger partial charge on any atom is 0.203 e. The van der Waals surface area contributed by atoms with Gasteiger partial charge in [-0.05, 0) is 29.3 Å². The lowest BCUT2D eigenvalue weighted by atomic mass is 9.97. The predicted octanol–water partition coefficient (Wildman–Crippen LogP) is 4.03. The second-order valence-electron chi connectivity index (χ2n) is 4.54. The SMILES string of the molecule is C=Cc1cc(OC)c(OC)c(OC)c1-c1ccc(OC)cc1. The van der Waals surface area contributed by atoms with Gasteiger partial charge in [-0.2, -0.15) is 0 Å². The van der Waals surface area contributed by atoms with Crippen molar-refractivity contribution in [2.75, 3.05) is 28.4 Å². The second-order valence-corrected chi connectivity index (χ2v) is 4.54. The van der Waals surface area contributed by atoms with Crippen LogP contribution >= 0.6 is 0 Å². The number of ether oxygens (including phenoxy) is 4. The maximum atomic E-state index is 5.58. The van der Waals surface area contributed by atoms with Crippen LogP contribution in [-0.2, 0) is 0 Å². The number of hydrogen-bond donors (Lipinski definition) is 0. The Bertz CT molecular complexity index is 660. The van der Waals surface area contributed by atoms with Gasteiger partial charge in [-0.15, -0.1) is 0 Å². The molecule has 0 saturated carbocycles. The summed E-state index contributed by atoms with van der Waals surface area (Å²) in [5, 5.41) is 0. The summed E-state index contributed by atoms with van der Waals surface area (Å²) in [7, 11) is 6.43. The summed E-state index contributed by atoms with van der Waals surface area (Å²) >= 11 is 0. The molecule has 2 aromatic rings. The molecule has 0 heterocycles. The zero-order chi connectivity index (χ0) is 16.1. The fourth-order valence-corrected chi connectivity index (χ4v) is 2.39. The van der Waals surface area contributed by atoms with Crippen LogP contribution in [0.1, 0.15) is 5.56 Å². The summed E-state index contributed by atoms with van der Waals surface area (Å²) in [5.41, 5.74) is 2.78. The second kappa shape index (κ2) is 6.89. The summed E-state index contributed by atoms with van der Waals surface area (Å²) in [5.74, 6) is 2.57. The molecule has 0 aliphatic heterocycles. The van der Waals surface area contributed by atoms with Gasteiger partial charge in [0.25, 0.3) is 0 Å². The average molecular weight is 300 g/mol. The molecule has 0 amide bonds. The highest BCUT2D eigenvalue weighted by Gasteiger charge is 2.20. The molecule has 0 aromatic heterocycles. The van der Waals surface area contributed by atoms with E-state index in [2.05, 4.69) is 6.58 Å². The molecule has 0 saturated heterocycles. The van der Waals surface area contributed by atoms with Crippen molar-refractivity contribution >= 4 is 6.08 Å². The molecule has 0 radical (unpaired) electrons. The van der Waals surface area contributed by atoms with Gasteiger partial charge in [0, 0.05) is 5.56 Å². The van der Waals surface area contributed by atoms with E-state index in [0.717, 1.165) is 22.4 Å². The van der Waals surface area contributed by atoms with Gasteiger partial charge in [0.05, 0.1) is 28.4 Å². The predicted molar refractivity (Wildman–Crippen MR) is 88.2 cm³/mol. The first-order valence-corrected chi connectivity index (χ1v) is 6.80. The summed E-state index contributed by atoms with van der Waals surface area (Å²) in [6.45, 7) is 3.88. The van der Waals surface area contributed by atoms with Gasteiger partial charge in [0.1, 0.15) is 5.75 Å². The maximum absolute atomic E-state index is 5.58. The van der Waals surface area contributed by atoms with E-state index in [0.29, 0.717) is 17.2 Å². The fraction of sp³-hybridized carbons (Fsp3) is 0.222. The quantitative estimate of drug-likeness (QED) is 0.807. The monoisotopic (exact) mass is 300 g/mol. The van der Waals surface area contributed by atoms with E-state index in [1.54, 1.807) is 34.5 Å². The molecule has 0 bridgehead atoms. The molecular weight excluding hydrogens is 280 g/mol. The molecule has 22 heavy (non-hydrogen) atoms. The van der Waals surface area contributed by atoms with Crippen LogP contribution < -0.4 is 18.9 Å². The van der Waals surface area contributed by atoms with E-state index in [1.807, 2.05) is 30.3 Å². The topological polar surface area (TPSA) is 36.9 Å². The van der Waals surface area contributed by atoms with Crippen LogP contribution in [0.5, 0.6) is 23.0 Å². The molecule has 0 atom stereocenters. The van der Waals surface area contributed by atoms with Crippen molar-refractivity contribution in [2.45, 2.75) is 0 Å². The zero-order valence-corrected chi connectivity index (χ0v) is 13.3. The van der Waals surface area contributed by atoms with Crippen molar-refractivity contribution in [3.63, 3.8) is 0 Å². The molecule has 4 heteroatoms. The van der Waals surface area contributed by atoms with Crippen molar-refractivity contribution in [3.8, 4) is 34.1 Å². The Kier molecular flexibility index (Phi) is 4.94. The highest BCUT2D eigenvalue weighted by atomic mass is 16.5. The Morgan fingerprint density at radius 2 is 1.45 bits per heavy atom. The van der Waals surface area contributed by atoms with Crippen molar-refractivity contribution in [1.29, 1.82) is 0 Å².